The normalized spacial score (nSPS) is 13.8. The second kappa shape index (κ2) is 3.55. The summed E-state index contributed by atoms with van der Waals surface area (Å²) in [5.41, 5.74) is 1.15. The van der Waals surface area contributed by atoms with Crippen LogP contribution in [0.15, 0.2) is 18.5 Å². The third-order valence-electron chi connectivity index (χ3n) is 1.60. The van der Waals surface area contributed by atoms with Crippen molar-refractivity contribution in [2.24, 2.45) is 0 Å². The maximum atomic E-state index is 5.26. The number of nitrogens with zero attached hydrogens (tertiary/aromatic N) is 1. The summed E-state index contributed by atoms with van der Waals surface area (Å²) < 4.78 is 5.26. The molecule has 1 aromatic rings. The molecule has 1 rings (SSSR count). The molecule has 1 N–H and O–H groups in total. The predicted octanol–water partition coefficient (Wildman–Crippen LogP) is 1.22. The summed E-state index contributed by atoms with van der Waals surface area (Å²) in [5, 5.41) is 0. The van der Waals surface area contributed by atoms with Gasteiger partial charge in [-0.25, -0.2) is 0 Å². The number of rotatable bonds is 3. The molecule has 1 unspecified atom stereocenters. The lowest BCUT2D eigenvalue weighted by Gasteiger charge is -2.21. The van der Waals surface area contributed by atoms with E-state index in [4.69, 9.17) is 4.74 Å². The first kappa shape index (κ1) is 8.30. The van der Waals surface area contributed by atoms with Crippen molar-refractivity contribution < 1.29 is 4.74 Å². The first-order valence-corrected chi connectivity index (χ1v) is 3.57. The lowest BCUT2D eigenvalue weighted by atomic mass is 10.3. The van der Waals surface area contributed by atoms with Gasteiger partial charge in [-0.15, -0.1) is 0 Å². The Morgan fingerprint density at radius 3 is 2.64 bits per heavy atom. The number of aromatic nitrogens is 1. The molecule has 62 valence electrons. The molecule has 0 aliphatic heterocycles. The van der Waals surface area contributed by atoms with E-state index in [1.807, 2.05) is 37.5 Å². The van der Waals surface area contributed by atoms with Crippen molar-refractivity contribution in [1.29, 1.82) is 0 Å². The highest BCUT2D eigenvalue weighted by atomic mass is 16.5. The number of aromatic amines is 1. The summed E-state index contributed by atoms with van der Waals surface area (Å²) in [6, 6.07) is 2.01. The van der Waals surface area contributed by atoms with Gasteiger partial charge in [0.1, 0.15) is 6.23 Å². The second-order valence-corrected chi connectivity index (χ2v) is 2.70. The van der Waals surface area contributed by atoms with E-state index in [0.29, 0.717) is 0 Å². The molecule has 0 saturated carbocycles. The van der Waals surface area contributed by atoms with Gasteiger partial charge < -0.3 is 9.72 Å². The van der Waals surface area contributed by atoms with Crippen LogP contribution in [0.3, 0.4) is 0 Å². The Hall–Kier alpha value is -0.800. The monoisotopic (exact) mass is 154 g/mol. The molecule has 0 aliphatic rings. The molecule has 0 aromatic carbocycles. The van der Waals surface area contributed by atoms with Crippen molar-refractivity contribution >= 4 is 0 Å². The zero-order chi connectivity index (χ0) is 8.27. The number of nitrogens with one attached hydrogen (secondary N) is 1. The van der Waals surface area contributed by atoms with Gasteiger partial charge in [0.25, 0.3) is 0 Å². The fourth-order valence-electron chi connectivity index (χ4n) is 1.14. The minimum atomic E-state index is 0.0567. The van der Waals surface area contributed by atoms with Crippen LogP contribution in [0.5, 0.6) is 0 Å². The first-order valence-electron chi connectivity index (χ1n) is 3.57. The zero-order valence-corrected chi connectivity index (χ0v) is 7.16. The summed E-state index contributed by atoms with van der Waals surface area (Å²) in [5.74, 6) is 0. The number of methoxy groups -OCH3 is 1. The highest BCUT2D eigenvalue weighted by Gasteiger charge is 2.11. The van der Waals surface area contributed by atoms with Gasteiger partial charge in [-0.1, -0.05) is 0 Å². The molecule has 0 saturated heterocycles. The third kappa shape index (κ3) is 1.82. The molecule has 0 fully saturated rings. The first-order chi connectivity index (χ1) is 5.25. The van der Waals surface area contributed by atoms with Crippen LogP contribution in [-0.4, -0.2) is 31.1 Å². The van der Waals surface area contributed by atoms with Gasteiger partial charge in [-0.2, -0.15) is 0 Å². The van der Waals surface area contributed by atoms with Crippen LogP contribution in [0.4, 0.5) is 0 Å². The van der Waals surface area contributed by atoms with E-state index in [1.165, 1.54) is 0 Å². The number of ether oxygens (including phenoxy) is 1. The average molecular weight is 154 g/mol. The maximum absolute atomic E-state index is 5.26. The smallest absolute Gasteiger partial charge is 0.137 e. The SMILES string of the molecule is COC(c1cc[nH]c1)N(C)C. The van der Waals surface area contributed by atoms with E-state index in [1.54, 1.807) is 7.11 Å². The van der Waals surface area contributed by atoms with E-state index in [0.717, 1.165) is 5.56 Å². The van der Waals surface area contributed by atoms with Crippen LogP contribution in [0, 0.1) is 0 Å². The van der Waals surface area contributed by atoms with Gasteiger partial charge in [-0.3, -0.25) is 4.90 Å². The Balaban J connectivity index is 2.71. The fourth-order valence-corrected chi connectivity index (χ4v) is 1.14. The zero-order valence-electron chi connectivity index (χ0n) is 7.16. The maximum Gasteiger partial charge on any atom is 0.137 e. The van der Waals surface area contributed by atoms with Crippen LogP contribution in [0.25, 0.3) is 0 Å². The van der Waals surface area contributed by atoms with E-state index in [9.17, 15) is 0 Å². The lowest BCUT2D eigenvalue weighted by molar-refractivity contribution is -0.00530. The summed E-state index contributed by atoms with van der Waals surface area (Å²) in [7, 11) is 5.68. The molecule has 3 nitrogen and oxygen atoms in total. The largest absolute Gasteiger partial charge is 0.367 e. The summed E-state index contributed by atoms with van der Waals surface area (Å²) in [6.45, 7) is 0. The molecule has 0 spiro atoms. The van der Waals surface area contributed by atoms with Gasteiger partial charge in [0.15, 0.2) is 0 Å². The van der Waals surface area contributed by atoms with Crippen molar-refractivity contribution in [3.63, 3.8) is 0 Å². The molecule has 0 aliphatic carbocycles. The Morgan fingerprint density at radius 2 is 2.27 bits per heavy atom. The van der Waals surface area contributed by atoms with Gasteiger partial charge in [-0.05, 0) is 20.2 Å². The molecule has 1 aromatic heterocycles. The molecule has 1 atom stereocenters. The van der Waals surface area contributed by atoms with Gasteiger partial charge >= 0.3 is 0 Å². The minimum Gasteiger partial charge on any atom is -0.367 e. The number of hydrogen-bond donors (Lipinski definition) is 1. The summed E-state index contributed by atoms with van der Waals surface area (Å²) >= 11 is 0. The molecular weight excluding hydrogens is 140 g/mol. The summed E-state index contributed by atoms with van der Waals surface area (Å²) in [6.07, 6.45) is 3.89. The molecule has 0 radical (unpaired) electrons. The van der Waals surface area contributed by atoms with E-state index < -0.39 is 0 Å². The van der Waals surface area contributed by atoms with Crippen molar-refractivity contribution in [2.45, 2.75) is 6.23 Å². The quantitative estimate of drug-likeness (QED) is 0.663. The van der Waals surface area contributed by atoms with E-state index >= 15 is 0 Å². The Bertz CT molecular complexity index is 194. The lowest BCUT2D eigenvalue weighted by Crippen LogP contribution is -2.20. The van der Waals surface area contributed by atoms with Crippen molar-refractivity contribution in [3.05, 3.63) is 24.0 Å². The number of hydrogen-bond acceptors (Lipinski definition) is 2. The van der Waals surface area contributed by atoms with Crippen molar-refractivity contribution in [1.82, 2.24) is 9.88 Å². The van der Waals surface area contributed by atoms with Crippen LogP contribution in [0.2, 0.25) is 0 Å². The van der Waals surface area contributed by atoms with E-state index in [-0.39, 0.29) is 6.23 Å². The van der Waals surface area contributed by atoms with Gasteiger partial charge in [0.2, 0.25) is 0 Å². The molecule has 0 bridgehead atoms. The summed E-state index contributed by atoms with van der Waals surface area (Å²) in [4.78, 5) is 5.01. The Kier molecular flexibility index (Phi) is 2.68. The topological polar surface area (TPSA) is 28.3 Å². The molecular formula is C8H14N2O. The molecule has 0 amide bonds. The van der Waals surface area contributed by atoms with Crippen molar-refractivity contribution in [2.75, 3.05) is 21.2 Å². The second-order valence-electron chi connectivity index (χ2n) is 2.70. The average Bonchev–Trinajstić information content (AvgIpc) is 2.40. The van der Waals surface area contributed by atoms with Gasteiger partial charge in [0.05, 0.1) is 0 Å². The molecule has 1 heterocycles. The minimum absolute atomic E-state index is 0.0567. The Labute approximate surface area is 67.0 Å². The van der Waals surface area contributed by atoms with Crippen LogP contribution < -0.4 is 0 Å². The van der Waals surface area contributed by atoms with Crippen LogP contribution in [0.1, 0.15) is 11.8 Å². The highest BCUT2D eigenvalue weighted by molar-refractivity contribution is 5.11. The third-order valence-corrected chi connectivity index (χ3v) is 1.60. The van der Waals surface area contributed by atoms with Gasteiger partial charge in [0, 0.05) is 25.1 Å². The standard InChI is InChI=1S/C8H14N2O/c1-10(2)8(11-3)7-4-5-9-6-7/h4-6,8-9H,1-3H3. The van der Waals surface area contributed by atoms with Crippen LogP contribution in [-0.2, 0) is 4.74 Å². The van der Waals surface area contributed by atoms with Crippen molar-refractivity contribution in [3.8, 4) is 0 Å². The number of H-pyrrole nitrogens is 1. The fraction of sp³-hybridized carbons (Fsp3) is 0.500. The highest BCUT2D eigenvalue weighted by Crippen LogP contribution is 2.16. The molecule has 3 heteroatoms. The van der Waals surface area contributed by atoms with Crippen LogP contribution >= 0.6 is 0 Å². The molecule has 11 heavy (non-hydrogen) atoms. The predicted molar refractivity (Wildman–Crippen MR) is 44.2 cm³/mol. The Morgan fingerprint density at radius 1 is 1.55 bits per heavy atom. The van der Waals surface area contributed by atoms with E-state index in [2.05, 4.69) is 4.98 Å².